The van der Waals surface area contributed by atoms with Crippen LogP contribution in [0, 0.1) is 0 Å². The Kier molecular flexibility index (Phi) is 3.37. The molecule has 0 spiro atoms. The normalized spacial score (nSPS) is 24.9. The third kappa shape index (κ3) is 2.49. The third-order valence-electron chi connectivity index (χ3n) is 3.60. The van der Waals surface area contributed by atoms with Gasteiger partial charge in [-0.1, -0.05) is 18.2 Å². The number of ether oxygens (including phenoxy) is 2. The topological polar surface area (TPSA) is 18.5 Å². The monoisotopic (exact) mass is 252 g/mol. The van der Waals surface area contributed by atoms with Gasteiger partial charge in [-0.25, -0.2) is 0 Å². The van der Waals surface area contributed by atoms with Crippen LogP contribution in [0.25, 0.3) is 0 Å². The quantitative estimate of drug-likeness (QED) is 0.766. The molecule has 0 N–H and O–H groups in total. The molecule has 1 aromatic carbocycles. The lowest BCUT2D eigenvalue weighted by atomic mass is 10.0. The lowest BCUT2D eigenvalue weighted by Gasteiger charge is -2.15. The van der Waals surface area contributed by atoms with E-state index in [0.717, 1.165) is 32.7 Å². The number of halogens is 1. The van der Waals surface area contributed by atoms with Crippen LogP contribution in [0.15, 0.2) is 18.2 Å². The largest absolute Gasteiger partial charge is 0.378 e. The first-order chi connectivity index (χ1) is 8.33. The Morgan fingerprint density at radius 2 is 2.18 bits per heavy atom. The summed E-state index contributed by atoms with van der Waals surface area (Å²) in [7, 11) is 0. The van der Waals surface area contributed by atoms with Crippen molar-refractivity contribution >= 4 is 11.6 Å². The summed E-state index contributed by atoms with van der Waals surface area (Å²) in [6.07, 6.45) is 3.59. The third-order valence-corrected chi connectivity index (χ3v) is 4.03. The fourth-order valence-electron chi connectivity index (χ4n) is 2.58. The minimum Gasteiger partial charge on any atom is -0.378 e. The van der Waals surface area contributed by atoms with Crippen LogP contribution in [-0.4, -0.2) is 12.7 Å². The summed E-state index contributed by atoms with van der Waals surface area (Å²) < 4.78 is 11.0. The van der Waals surface area contributed by atoms with E-state index in [1.807, 2.05) is 0 Å². The summed E-state index contributed by atoms with van der Waals surface area (Å²) in [5.74, 6) is 0. The van der Waals surface area contributed by atoms with E-state index in [9.17, 15) is 0 Å². The Balaban J connectivity index is 1.70. The summed E-state index contributed by atoms with van der Waals surface area (Å²) in [5.41, 5.74) is 3.79. The summed E-state index contributed by atoms with van der Waals surface area (Å²) in [6, 6.07) is 6.46. The highest BCUT2D eigenvalue weighted by Crippen LogP contribution is 2.32. The van der Waals surface area contributed by atoms with Crippen molar-refractivity contribution in [3.63, 3.8) is 0 Å². The van der Waals surface area contributed by atoms with E-state index < -0.39 is 0 Å². The second-order valence-corrected chi connectivity index (χ2v) is 5.39. The van der Waals surface area contributed by atoms with Gasteiger partial charge in [-0.2, -0.15) is 0 Å². The number of fused-ring (bicyclic) bond motifs is 1. The highest BCUT2D eigenvalue weighted by atomic mass is 35.5. The SMILES string of the molecule is ClC(CC1CCCO1)c1ccc2c(c1)COC2. The summed E-state index contributed by atoms with van der Waals surface area (Å²) in [6.45, 7) is 2.37. The summed E-state index contributed by atoms with van der Waals surface area (Å²) in [5, 5.41) is 0.0593. The molecule has 92 valence electrons. The maximum Gasteiger partial charge on any atom is 0.0725 e. The fourth-order valence-corrected chi connectivity index (χ4v) is 2.92. The van der Waals surface area contributed by atoms with Gasteiger partial charge in [0.25, 0.3) is 0 Å². The van der Waals surface area contributed by atoms with E-state index in [0.29, 0.717) is 6.10 Å². The molecule has 1 saturated heterocycles. The van der Waals surface area contributed by atoms with Crippen LogP contribution in [0.1, 0.15) is 41.3 Å². The molecule has 0 aromatic heterocycles. The zero-order chi connectivity index (χ0) is 11.7. The highest BCUT2D eigenvalue weighted by molar-refractivity contribution is 6.20. The van der Waals surface area contributed by atoms with Crippen molar-refractivity contribution in [1.82, 2.24) is 0 Å². The van der Waals surface area contributed by atoms with Crippen LogP contribution in [0.3, 0.4) is 0 Å². The average Bonchev–Trinajstić information content (AvgIpc) is 2.97. The molecule has 3 rings (SSSR count). The molecular weight excluding hydrogens is 236 g/mol. The van der Waals surface area contributed by atoms with Crippen molar-refractivity contribution in [3.05, 3.63) is 34.9 Å². The van der Waals surface area contributed by atoms with Gasteiger partial charge in [0.1, 0.15) is 0 Å². The molecule has 2 aliphatic heterocycles. The van der Waals surface area contributed by atoms with E-state index in [2.05, 4.69) is 18.2 Å². The van der Waals surface area contributed by atoms with Crippen LogP contribution in [-0.2, 0) is 22.7 Å². The predicted octanol–water partition coefficient (Wildman–Crippen LogP) is 3.57. The smallest absolute Gasteiger partial charge is 0.0725 e. The molecule has 0 saturated carbocycles. The Labute approximate surface area is 107 Å². The summed E-state index contributed by atoms with van der Waals surface area (Å²) >= 11 is 6.47. The zero-order valence-corrected chi connectivity index (χ0v) is 10.6. The fraction of sp³-hybridized carbons (Fsp3) is 0.571. The first kappa shape index (κ1) is 11.5. The Morgan fingerprint density at radius 3 is 3.00 bits per heavy atom. The van der Waals surface area contributed by atoms with Crippen LogP contribution < -0.4 is 0 Å². The predicted molar refractivity (Wildman–Crippen MR) is 67.1 cm³/mol. The van der Waals surface area contributed by atoms with Gasteiger partial charge in [0, 0.05) is 6.61 Å². The highest BCUT2D eigenvalue weighted by Gasteiger charge is 2.21. The molecule has 17 heavy (non-hydrogen) atoms. The van der Waals surface area contributed by atoms with Crippen molar-refractivity contribution in [2.24, 2.45) is 0 Å². The molecule has 1 aromatic rings. The lowest BCUT2D eigenvalue weighted by Crippen LogP contribution is -2.08. The average molecular weight is 253 g/mol. The number of hydrogen-bond donors (Lipinski definition) is 0. The molecule has 2 nitrogen and oxygen atoms in total. The van der Waals surface area contributed by atoms with Crippen LogP contribution in [0.2, 0.25) is 0 Å². The second-order valence-electron chi connectivity index (χ2n) is 4.86. The number of hydrogen-bond acceptors (Lipinski definition) is 2. The van der Waals surface area contributed by atoms with E-state index in [-0.39, 0.29) is 5.38 Å². The first-order valence-electron chi connectivity index (χ1n) is 6.28. The lowest BCUT2D eigenvalue weighted by molar-refractivity contribution is 0.103. The maximum absolute atomic E-state index is 6.47. The molecule has 2 atom stereocenters. The molecule has 0 radical (unpaired) electrons. The van der Waals surface area contributed by atoms with Gasteiger partial charge in [0.15, 0.2) is 0 Å². The van der Waals surface area contributed by atoms with Crippen LogP contribution in [0.5, 0.6) is 0 Å². The first-order valence-corrected chi connectivity index (χ1v) is 6.71. The Hall–Kier alpha value is -0.570. The maximum atomic E-state index is 6.47. The van der Waals surface area contributed by atoms with Crippen LogP contribution >= 0.6 is 11.6 Å². The summed E-state index contributed by atoms with van der Waals surface area (Å²) in [4.78, 5) is 0. The molecule has 2 unspecified atom stereocenters. The zero-order valence-electron chi connectivity index (χ0n) is 9.82. The van der Waals surface area contributed by atoms with Crippen molar-refractivity contribution in [3.8, 4) is 0 Å². The Morgan fingerprint density at radius 1 is 1.29 bits per heavy atom. The molecule has 1 fully saturated rings. The standard InChI is InChI=1S/C14H17ClO2/c15-14(7-13-2-1-5-17-13)10-3-4-11-8-16-9-12(11)6-10/h3-4,6,13-14H,1-2,5,7-9H2. The molecule has 2 heterocycles. The number of benzene rings is 1. The Bertz CT molecular complexity index is 399. The molecule has 0 bridgehead atoms. The number of rotatable bonds is 3. The van der Waals surface area contributed by atoms with Crippen LogP contribution in [0.4, 0.5) is 0 Å². The van der Waals surface area contributed by atoms with Gasteiger partial charge >= 0.3 is 0 Å². The van der Waals surface area contributed by atoms with E-state index >= 15 is 0 Å². The van der Waals surface area contributed by atoms with Gasteiger partial charge in [-0.3, -0.25) is 0 Å². The molecular formula is C14H17ClO2. The van der Waals surface area contributed by atoms with E-state index in [1.165, 1.54) is 23.1 Å². The molecule has 0 amide bonds. The van der Waals surface area contributed by atoms with E-state index in [1.54, 1.807) is 0 Å². The van der Waals surface area contributed by atoms with Gasteiger partial charge in [-0.15, -0.1) is 11.6 Å². The van der Waals surface area contributed by atoms with Gasteiger partial charge in [0.2, 0.25) is 0 Å². The van der Waals surface area contributed by atoms with Crippen molar-refractivity contribution in [2.45, 2.75) is 44.0 Å². The molecule has 3 heteroatoms. The molecule has 2 aliphatic rings. The van der Waals surface area contributed by atoms with Gasteiger partial charge < -0.3 is 9.47 Å². The van der Waals surface area contributed by atoms with Gasteiger partial charge in [0.05, 0.1) is 24.7 Å². The van der Waals surface area contributed by atoms with E-state index in [4.69, 9.17) is 21.1 Å². The van der Waals surface area contributed by atoms with Crippen molar-refractivity contribution < 1.29 is 9.47 Å². The van der Waals surface area contributed by atoms with Crippen molar-refractivity contribution in [1.29, 1.82) is 0 Å². The van der Waals surface area contributed by atoms with Crippen molar-refractivity contribution in [2.75, 3.05) is 6.61 Å². The van der Waals surface area contributed by atoms with Gasteiger partial charge in [-0.05, 0) is 36.0 Å². The second kappa shape index (κ2) is 4.97. The number of alkyl halides is 1. The minimum absolute atomic E-state index is 0.0593. The minimum atomic E-state index is 0.0593. The molecule has 0 aliphatic carbocycles.